The molecular formula is C12H19N3O2S2. The number of aromatic nitrogens is 1. The lowest BCUT2D eigenvalue weighted by molar-refractivity contribution is 0.236. The van der Waals surface area contributed by atoms with Gasteiger partial charge in [-0.25, -0.2) is 9.78 Å². The normalized spacial score (nSPS) is 17.8. The van der Waals surface area contributed by atoms with E-state index < -0.39 is 10.8 Å². The highest BCUT2D eigenvalue weighted by atomic mass is 32.2. The molecular weight excluding hydrogens is 282 g/mol. The second-order valence-corrected chi connectivity index (χ2v) is 7.62. The molecule has 106 valence electrons. The summed E-state index contributed by atoms with van der Waals surface area (Å²) in [5, 5.41) is 6.70. The Bertz CT molecular complexity index is 471. The number of thiazole rings is 1. The monoisotopic (exact) mass is 301 g/mol. The van der Waals surface area contributed by atoms with Crippen LogP contribution in [-0.2, 0) is 10.8 Å². The molecule has 0 spiro atoms. The molecule has 0 radical (unpaired) electrons. The van der Waals surface area contributed by atoms with Crippen molar-refractivity contribution in [1.82, 2.24) is 15.6 Å². The number of hydrogen-bond donors (Lipinski definition) is 2. The number of carbonyl (C=O) groups excluding carboxylic acids is 1. The van der Waals surface area contributed by atoms with E-state index in [2.05, 4.69) is 15.6 Å². The topological polar surface area (TPSA) is 71.1 Å². The SMILES string of the molecule is Cc1cnc([C@@H](NC(=O)NCC[S@@](C)=O)C2CC2)s1. The minimum absolute atomic E-state index is 0.0193. The van der Waals surface area contributed by atoms with Gasteiger partial charge in [0.15, 0.2) is 0 Å². The minimum Gasteiger partial charge on any atom is -0.337 e. The van der Waals surface area contributed by atoms with Crippen LogP contribution in [0.1, 0.15) is 28.8 Å². The first-order chi connectivity index (χ1) is 9.06. The zero-order valence-corrected chi connectivity index (χ0v) is 12.8. The molecule has 0 aliphatic heterocycles. The third-order valence-corrected chi connectivity index (χ3v) is 4.74. The molecule has 1 aromatic heterocycles. The fraction of sp³-hybridized carbons (Fsp3) is 0.667. The highest BCUT2D eigenvalue weighted by Gasteiger charge is 2.35. The van der Waals surface area contributed by atoms with Crippen LogP contribution in [0.2, 0.25) is 0 Å². The first kappa shape index (κ1) is 14.5. The van der Waals surface area contributed by atoms with E-state index in [-0.39, 0.29) is 12.1 Å². The van der Waals surface area contributed by atoms with Crippen molar-refractivity contribution in [2.75, 3.05) is 18.6 Å². The smallest absolute Gasteiger partial charge is 0.315 e. The number of hydrogen-bond acceptors (Lipinski definition) is 4. The molecule has 2 amide bonds. The van der Waals surface area contributed by atoms with E-state index >= 15 is 0 Å². The van der Waals surface area contributed by atoms with E-state index in [9.17, 15) is 9.00 Å². The third-order valence-electron chi connectivity index (χ3n) is 2.96. The summed E-state index contributed by atoms with van der Waals surface area (Å²) in [6.07, 6.45) is 5.76. The molecule has 1 fully saturated rings. The zero-order valence-electron chi connectivity index (χ0n) is 11.1. The van der Waals surface area contributed by atoms with Crippen molar-refractivity contribution in [3.8, 4) is 0 Å². The number of rotatable bonds is 6. The van der Waals surface area contributed by atoms with Gasteiger partial charge < -0.3 is 10.6 Å². The molecule has 1 aromatic rings. The maximum Gasteiger partial charge on any atom is 0.315 e. The third kappa shape index (κ3) is 4.58. The van der Waals surface area contributed by atoms with Gasteiger partial charge in [-0.3, -0.25) is 4.21 Å². The number of amides is 2. The van der Waals surface area contributed by atoms with E-state index in [1.807, 2.05) is 13.1 Å². The van der Waals surface area contributed by atoms with Crippen LogP contribution in [-0.4, -0.2) is 33.8 Å². The molecule has 1 saturated carbocycles. The summed E-state index contributed by atoms with van der Waals surface area (Å²) < 4.78 is 10.9. The number of nitrogens with zero attached hydrogens (tertiary/aromatic N) is 1. The van der Waals surface area contributed by atoms with E-state index in [1.54, 1.807) is 17.6 Å². The first-order valence-electron chi connectivity index (χ1n) is 6.33. The molecule has 2 atom stereocenters. The second kappa shape index (κ2) is 6.47. The van der Waals surface area contributed by atoms with Crippen molar-refractivity contribution in [2.45, 2.75) is 25.8 Å². The van der Waals surface area contributed by atoms with Gasteiger partial charge in [0.05, 0.1) is 6.04 Å². The Hall–Kier alpha value is -0.950. The average molecular weight is 301 g/mol. The first-order valence-corrected chi connectivity index (χ1v) is 8.87. The summed E-state index contributed by atoms with van der Waals surface area (Å²) in [7, 11) is -0.877. The molecule has 0 saturated heterocycles. The minimum atomic E-state index is -0.877. The van der Waals surface area contributed by atoms with E-state index in [0.29, 0.717) is 18.2 Å². The Morgan fingerprint density at radius 1 is 1.63 bits per heavy atom. The molecule has 1 aliphatic carbocycles. The standard InChI is InChI=1S/C12H19N3O2S2/c1-8-7-14-11(18-8)10(9-3-4-9)15-12(16)13-5-6-19(2)17/h7,9-10H,3-6H2,1-2H3,(H2,13,15,16)/t10-,19+/m0/s1. The van der Waals surface area contributed by atoms with Crippen LogP contribution in [0.15, 0.2) is 6.20 Å². The van der Waals surface area contributed by atoms with Crippen LogP contribution in [0.3, 0.4) is 0 Å². The Morgan fingerprint density at radius 2 is 2.37 bits per heavy atom. The van der Waals surface area contributed by atoms with Crippen LogP contribution < -0.4 is 10.6 Å². The van der Waals surface area contributed by atoms with Gasteiger partial charge >= 0.3 is 6.03 Å². The fourth-order valence-electron chi connectivity index (χ4n) is 1.83. The van der Waals surface area contributed by atoms with Gasteiger partial charge in [-0.15, -0.1) is 11.3 Å². The van der Waals surface area contributed by atoms with Crippen molar-refractivity contribution in [3.05, 3.63) is 16.1 Å². The number of aryl methyl sites for hydroxylation is 1. The van der Waals surface area contributed by atoms with Crippen LogP contribution in [0.5, 0.6) is 0 Å². The van der Waals surface area contributed by atoms with E-state index in [0.717, 1.165) is 22.7 Å². The molecule has 0 bridgehead atoms. The molecule has 7 heteroatoms. The Labute approximate surface area is 119 Å². The summed E-state index contributed by atoms with van der Waals surface area (Å²) in [5.74, 6) is 0.995. The summed E-state index contributed by atoms with van der Waals surface area (Å²) in [4.78, 5) is 17.3. The van der Waals surface area contributed by atoms with Crippen molar-refractivity contribution in [1.29, 1.82) is 0 Å². The molecule has 5 nitrogen and oxygen atoms in total. The van der Waals surface area contributed by atoms with Gasteiger partial charge in [-0.1, -0.05) is 0 Å². The maximum absolute atomic E-state index is 11.8. The van der Waals surface area contributed by atoms with Crippen molar-refractivity contribution in [2.24, 2.45) is 5.92 Å². The summed E-state index contributed by atoms with van der Waals surface area (Å²) in [6, 6.07) is -0.180. The van der Waals surface area contributed by atoms with Gasteiger partial charge in [-0.05, 0) is 25.7 Å². The highest BCUT2D eigenvalue weighted by molar-refractivity contribution is 7.84. The summed E-state index contributed by atoms with van der Waals surface area (Å²) in [6.45, 7) is 2.45. The fourth-order valence-corrected chi connectivity index (χ4v) is 3.14. The van der Waals surface area contributed by atoms with Crippen molar-refractivity contribution >= 4 is 28.2 Å². The van der Waals surface area contributed by atoms with Crippen molar-refractivity contribution in [3.63, 3.8) is 0 Å². The van der Waals surface area contributed by atoms with Gasteiger partial charge in [0, 0.05) is 40.4 Å². The summed E-state index contributed by atoms with van der Waals surface area (Å²) >= 11 is 1.63. The van der Waals surface area contributed by atoms with Crippen LogP contribution in [0.4, 0.5) is 4.79 Å². The Morgan fingerprint density at radius 3 is 2.89 bits per heavy atom. The van der Waals surface area contributed by atoms with Crippen LogP contribution in [0.25, 0.3) is 0 Å². The predicted octanol–water partition coefficient (Wildman–Crippen LogP) is 1.58. The lowest BCUT2D eigenvalue weighted by Gasteiger charge is -2.16. The van der Waals surface area contributed by atoms with E-state index in [1.165, 1.54) is 0 Å². The molecule has 2 rings (SSSR count). The number of carbonyl (C=O) groups is 1. The second-order valence-electron chi connectivity index (χ2n) is 4.80. The lowest BCUT2D eigenvalue weighted by Crippen LogP contribution is -2.40. The highest BCUT2D eigenvalue weighted by Crippen LogP contribution is 2.41. The lowest BCUT2D eigenvalue weighted by atomic mass is 10.2. The molecule has 19 heavy (non-hydrogen) atoms. The molecule has 0 aromatic carbocycles. The van der Waals surface area contributed by atoms with Crippen molar-refractivity contribution < 1.29 is 9.00 Å². The van der Waals surface area contributed by atoms with Crippen LogP contribution >= 0.6 is 11.3 Å². The maximum atomic E-state index is 11.8. The number of nitrogens with one attached hydrogen (secondary N) is 2. The zero-order chi connectivity index (χ0) is 13.8. The largest absolute Gasteiger partial charge is 0.337 e. The Kier molecular flexibility index (Phi) is 4.93. The summed E-state index contributed by atoms with van der Waals surface area (Å²) in [5.41, 5.74) is 0. The predicted molar refractivity (Wildman–Crippen MR) is 77.8 cm³/mol. The van der Waals surface area contributed by atoms with Gasteiger partial charge in [-0.2, -0.15) is 0 Å². The molecule has 2 N–H and O–H groups in total. The Balaban J connectivity index is 1.87. The van der Waals surface area contributed by atoms with Crippen LogP contribution in [0, 0.1) is 12.8 Å². The average Bonchev–Trinajstić information content (AvgIpc) is 3.08. The molecule has 1 heterocycles. The number of urea groups is 1. The van der Waals surface area contributed by atoms with Gasteiger partial charge in [0.1, 0.15) is 5.01 Å². The van der Waals surface area contributed by atoms with Gasteiger partial charge in [0.2, 0.25) is 0 Å². The quantitative estimate of drug-likeness (QED) is 0.838. The molecule has 0 unspecified atom stereocenters. The van der Waals surface area contributed by atoms with E-state index in [4.69, 9.17) is 0 Å². The molecule has 1 aliphatic rings. The van der Waals surface area contributed by atoms with Gasteiger partial charge in [0.25, 0.3) is 0 Å².